The molecule has 0 aliphatic heterocycles. The summed E-state index contributed by atoms with van der Waals surface area (Å²) >= 11 is 0. The molecular weight excluding hydrogens is 236 g/mol. The maximum Gasteiger partial charge on any atom is 0.305 e. The molecule has 0 aliphatic carbocycles. The predicted octanol–water partition coefficient (Wildman–Crippen LogP) is 2.90. The lowest BCUT2D eigenvalue weighted by molar-refractivity contribution is 0.476. The third-order valence-corrected chi connectivity index (χ3v) is 2.96. The number of hydrogen-bond acceptors (Lipinski definition) is 4. The van der Waals surface area contributed by atoms with Crippen LogP contribution in [0.2, 0.25) is 39.3 Å². The summed E-state index contributed by atoms with van der Waals surface area (Å²) in [7, 11) is -3.49. The van der Waals surface area contributed by atoms with Crippen molar-refractivity contribution in [2.75, 3.05) is 0 Å². The quantitative estimate of drug-likeness (QED) is 0.778. The number of rotatable bonds is 4. The van der Waals surface area contributed by atoms with Gasteiger partial charge in [-0.25, -0.2) is 4.98 Å². The molecule has 0 unspecified atom stereocenters. The molecule has 0 amide bonds. The van der Waals surface area contributed by atoms with Crippen LogP contribution >= 0.6 is 0 Å². The molecule has 0 fully saturated rings. The minimum Gasteiger partial charge on any atom is -0.531 e. The smallest absolute Gasteiger partial charge is 0.305 e. The second-order valence-corrected chi connectivity index (χ2v) is 14.4. The number of hydrogen-bond donors (Lipinski definition) is 0. The van der Waals surface area contributed by atoms with Crippen LogP contribution in [0.3, 0.4) is 0 Å². The highest BCUT2D eigenvalue weighted by Gasteiger charge is 2.20. The third kappa shape index (κ3) is 5.27. The molecular formula is C10H20N2O2Si2. The summed E-state index contributed by atoms with van der Waals surface area (Å²) in [6.07, 6.45) is 1.43. The van der Waals surface area contributed by atoms with Crippen molar-refractivity contribution in [2.45, 2.75) is 39.3 Å². The molecule has 0 N–H and O–H groups in total. The van der Waals surface area contributed by atoms with Crippen molar-refractivity contribution >= 4 is 16.6 Å². The van der Waals surface area contributed by atoms with E-state index in [4.69, 9.17) is 10.2 Å². The topological polar surface area (TPSA) is 44.2 Å². The molecule has 1 aromatic heterocycles. The Labute approximate surface area is 101 Å². The molecule has 0 aliphatic rings. The summed E-state index contributed by atoms with van der Waals surface area (Å²) in [6.45, 7) is 12.3. The van der Waals surface area contributed by atoms with Crippen LogP contribution in [0, 0.1) is 0 Å². The van der Waals surface area contributed by atoms with Gasteiger partial charge in [0, 0.05) is 12.2 Å². The van der Waals surface area contributed by atoms with E-state index in [-0.39, 0.29) is 6.04 Å². The zero-order valence-electron chi connectivity index (χ0n) is 11.8. The highest BCUT2D eigenvalue weighted by Crippen LogP contribution is 2.17. The maximum atomic E-state index is 7.71. The average Bonchev–Trinajstić information content (AvgIpc) is 2.05. The van der Waals surface area contributed by atoms with E-state index in [9.17, 15) is 0 Å². The Hall–Kier alpha value is -0.886. The fourth-order valence-electron chi connectivity index (χ4n) is 0.956. The molecule has 0 spiro atoms. The Morgan fingerprint density at radius 1 is 1.06 bits per heavy atom. The van der Waals surface area contributed by atoms with Crippen LogP contribution < -0.4 is 8.85 Å². The zero-order valence-corrected chi connectivity index (χ0v) is 12.8. The molecule has 0 saturated carbocycles. The van der Waals surface area contributed by atoms with Crippen molar-refractivity contribution in [3.63, 3.8) is 0 Å². The first-order valence-electron chi connectivity index (χ1n) is 5.78. The Balaban J connectivity index is 2.95. The second kappa shape index (κ2) is 4.54. The van der Waals surface area contributed by atoms with Gasteiger partial charge in [0.2, 0.25) is 22.5 Å². The van der Waals surface area contributed by atoms with Crippen LogP contribution in [0.1, 0.15) is 1.37 Å². The van der Waals surface area contributed by atoms with Gasteiger partial charge in [-0.05, 0) is 39.3 Å². The van der Waals surface area contributed by atoms with E-state index in [0.717, 1.165) is 0 Å². The zero-order chi connectivity index (χ0) is 13.3. The van der Waals surface area contributed by atoms with E-state index < -0.39 is 16.6 Å². The Morgan fingerprint density at radius 3 is 2.12 bits per heavy atom. The van der Waals surface area contributed by atoms with E-state index in [1.165, 1.54) is 6.20 Å². The van der Waals surface area contributed by atoms with Crippen molar-refractivity contribution in [1.82, 2.24) is 9.97 Å². The summed E-state index contributed by atoms with van der Waals surface area (Å²) < 4.78 is 19.1. The van der Waals surface area contributed by atoms with Gasteiger partial charge >= 0.3 is 6.01 Å². The van der Waals surface area contributed by atoms with Crippen molar-refractivity contribution in [3.8, 4) is 11.9 Å². The van der Waals surface area contributed by atoms with Crippen LogP contribution in [-0.2, 0) is 0 Å². The third-order valence-electron chi connectivity index (χ3n) is 1.36. The highest BCUT2D eigenvalue weighted by molar-refractivity contribution is 6.70. The standard InChI is InChI=1S/C10H20N2O2Si2/c1-15(2,3)13-9-7-8-11-10(12-9)14-16(4,5)6/h7-8H,1-6H3/i7D. The molecule has 0 bridgehead atoms. The molecule has 1 rings (SSSR count). The SMILES string of the molecule is [2H]c1cnc(O[Si](C)(C)C)nc1O[Si](C)(C)C. The predicted molar refractivity (Wildman–Crippen MR) is 70.0 cm³/mol. The van der Waals surface area contributed by atoms with Crippen molar-refractivity contribution in [3.05, 3.63) is 12.2 Å². The van der Waals surface area contributed by atoms with Gasteiger partial charge in [0.15, 0.2) is 0 Å². The van der Waals surface area contributed by atoms with Gasteiger partial charge in [0.05, 0.1) is 1.37 Å². The maximum absolute atomic E-state index is 7.71. The summed E-state index contributed by atoms with van der Waals surface area (Å²) in [5.41, 5.74) is 0. The highest BCUT2D eigenvalue weighted by atomic mass is 28.4. The van der Waals surface area contributed by atoms with Gasteiger partial charge in [-0.1, -0.05) is 0 Å². The minimum atomic E-state index is -1.77. The van der Waals surface area contributed by atoms with Crippen molar-refractivity contribution in [1.29, 1.82) is 0 Å². The van der Waals surface area contributed by atoms with Crippen molar-refractivity contribution in [2.24, 2.45) is 0 Å². The first-order valence-corrected chi connectivity index (χ1v) is 12.1. The Bertz CT molecular complexity index is 402. The molecule has 16 heavy (non-hydrogen) atoms. The summed E-state index contributed by atoms with van der Waals surface area (Å²) in [4.78, 5) is 8.17. The van der Waals surface area contributed by atoms with Gasteiger partial charge in [-0.3, -0.25) is 0 Å². The number of nitrogens with zero attached hydrogens (tertiary/aromatic N) is 2. The van der Waals surface area contributed by atoms with Gasteiger partial charge in [0.1, 0.15) is 0 Å². The number of aromatic nitrogens is 2. The minimum absolute atomic E-state index is 0.204. The van der Waals surface area contributed by atoms with Gasteiger partial charge in [0.25, 0.3) is 0 Å². The van der Waals surface area contributed by atoms with E-state index >= 15 is 0 Å². The van der Waals surface area contributed by atoms with E-state index in [1.54, 1.807) is 0 Å². The fourth-order valence-corrected chi connectivity index (χ4v) is 2.29. The molecule has 1 heterocycles. The molecule has 4 nitrogen and oxygen atoms in total. The monoisotopic (exact) mass is 257 g/mol. The van der Waals surface area contributed by atoms with E-state index in [2.05, 4.69) is 29.6 Å². The van der Waals surface area contributed by atoms with Gasteiger partial charge < -0.3 is 8.85 Å². The first kappa shape index (κ1) is 11.6. The molecule has 0 saturated heterocycles. The van der Waals surface area contributed by atoms with Gasteiger partial charge in [-0.15, -0.1) is 0 Å². The average molecular weight is 257 g/mol. The summed E-state index contributed by atoms with van der Waals surface area (Å²) in [6, 6.07) is 0.517. The van der Waals surface area contributed by atoms with Gasteiger partial charge in [-0.2, -0.15) is 4.98 Å². The molecule has 0 aromatic carbocycles. The van der Waals surface area contributed by atoms with Crippen LogP contribution in [0.4, 0.5) is 0 Å². The van der Waals surface area contributed by atoms with E-state index in [1.807, 2.05) is 19.6 Å². The van der Waals surface area contributed by atoms with Crippen LogP contribution in [0.25, 0.3) is 0 Å². The Morgan fingerprint density at radius 2 is 1.62 bits per heavy atom. The molecule has 0 atom stereocenters. The lowest BCUT2D eigenvalue weighted by Crippen LogP contribution is -2.31. The fraction of sp³-hybridized carbons (Fsp3) is 0.600. The van der Waals surface area contributed by atoms with Crippen LogP contribution in [-0.4, -0.2) is 26.6 Å². The first-order chi connectivity index (χ1) is 7.57. The summed E-state index contributed by atoms with van der Waals surface area (Å²) in [5, 5.41) is 0. The largest absolute Gasteiger partial charge is 0.531 e. The lowest BCUT2D eigenvalue weighted by atomic mass is 10.6. The van der Waals surface area contributed by atoms with E-state index in [0.29, 0.717) is 11.9 Å². The molecule has 0 radical (unpaired) electrons. The molecule has 1 aromatic rings. The lowest BCUT2D eigenvalue weighted by Gasteiger charge is -2.20. The normalized spacial score (nSPS) is 13.2. The molecule has 90 valence electrons. The Kier molecular flexibility index (Phi) is 3.29. The van der Waals surface area contributed by atoms with Crippen LogP contribution in [0.15, 0.2) is 12.2 Å². The molecule has 6 heteroatoms. The van der Waals surface area contributed by atoms with Crippen molar-refractivity contribution < 1.29 is 10.2 Å². The van der Waals surface area contributed by atoms with Crippen LogP contribution in [0.5, 0.6) is 11.9 Å². The summed E-state index contributed by atoms with van der Waals surface area (Å²) in [5.74, 6) is 0.326. The second-order valence-electron chi connectivity index (χ2n) is 5.53.